The van der Waals surface area contributed by atoms with Crippen molar-refractivity contribution < 1.29 is 14.6 Å². The van der Waals surface area contributed by atoms with Gasteiger partial charge < -0.3 is 9.84 Å². The molecule has 120 valence electrons. The van der Waals surface area contributed by atoms with Crippen molar-refractivity contribution in [3.05, 3.63) is 22.2 Å². The highest BCUT2D eigenvalue weighted by molar-refractivity contribution is 9.10. The maximum atomic E-state index is 12.0. The van der Waals surface area contributed by atoms with Gasteiger partial charge in [-0.05, 0) is 53.4 Å². The molecule has 0 atom stereocenters. The molecule has 0 saturated heterocycles. The highest BCUT2D eigenvalue weighted by atomic mass is 79.9. The van der Waals surface area contributed by atoms with Gasteiger partial charge in [-0.15, -0.1) is 0 Å². The summed E-state index contributed by atoms with van der Waals surface area (Å²) < 4.78 is 5.88. The number of nitrogens with zero attached hydrogens (tertiary/aromatic N) is 1. The quantitative estimate of drug-likeness (QED) is 0.616. The van der Waals surface area contributed by atoms with Crippen molar-refractivity contribution in [3.8, 4) is 11.5 Å². The van der Waals surface area contributed by atoms with Crippen molar-refractivity contribution in [2.24, 2.45) is 11.0 Å². The number of phenols is 1. The van der Waals surface area contributed by atoms with E-state index in [9.17, 15) is 9.90 Å². The molecule has 6 heteroatoms. The van der Waals surface area contributed by atoms with Gasteiger partial charge in [0.05, 0.1) is 17.3 Å². The summed E-state index contributed by atoms with van der Waals surface area (Å²) >= 11 is 3.27. The first kappa shape index (κ1) is 16.8. The van der Waals surface area contributed by atoms with Crippen LogP contribution in [0.15, 0.2) is 21.7 Å². The lowest BCUT2D eigenvalue weighted by Gasteiger charge is -2.19. The van der Waals surface area contributed by atoms with E-state index in [0.29, 0.717) is 16.8 Å². The zero-order valence-electron chi connectivity index (χ0n) is 12.6. The zero-order chi connectivity index (χ0) is 15.9. The number of benzene rings is 1. The second-order valence-corrected chi connectivity index (χ2v) is 6.21. The van der Waals surface area contributed by atoms with Crippen LogP contribution in [0, 0.1) is 5.92 Å². The number of hydrogen-bond acceptors (Lipinski definition) is 4. The molecular weight excluding hydrogens is 348 g/mol. The summed E-state index contributed by atoms with van der Waals surface area (Å²) in [6, 6.07) is 3.40. The van der Waals surface area contributed by atoms with Crippen molar-refractivity contribution in [2.75, 3.05) is 6.61 Å². The number of halogens is 1. The second-order valence-electron chi connectivity index (χ2n) is 5.35. The first-order valence-corrected chi connectivity index (χ1v) is 8.39. The summed E-state index contributed by atoms with van der Waals surface area (Å²) in [6.07, 6.45) is 6.89. The van der Waals surface area contributed by atoms with Gasteiger partial charge in [-0.25, -0.2) is 5.43 Å². The zero-order valence-corrected chi connectivity index (χ0v) is 14.2. The number of nitrogens with one attached hydrogen (secondary N) is 1. The van der Waals surface area contributed by atoms with E-state index in [1.807, 2.05) is 6.92 Å². The predicted octanol–water partition coefficient (Wildman–Crippen LogP) is 3.58. The molecule has 1 amide bonds. The third-order valence-corrected chi connectivity index (χ3v) is 4.32. The summed E-state index contributed by atoms with van der Waals surface area (Å²) in [5, 5.41) is 13.9. The number of hydrazone groups is 1. The van der Waals surface area contributed by atoms with E-state index in [-0.39, 0.29) is 17.6 Å². The summed E-state index contributed by atoms with van der Waals surface area (Å²) in [6.45, 7) is 2.30. The Morgan fingerprint density at radius 2 is 2.18 bits per heavy atom. The molecule has 2 rings (SSSR count). The van der Waals surface area contributed by atoms with E-state index in [1.165, 1.54) is 6.42 Å². The van der Waals surface area contributed by atoms with Gasteiger partial charge in [0.2, 0.25) is 5.91 Å². The minimum Gasteiger partial charge on any atom is -0.503 e. The maximum Gasteiger partial charge on any atom is 0.243 e. The molecule has 1 aliphatic carbocycles. The number of rotatable bonds is 5. The molecule has 0 aromatic heterocycles. The molecule has 0 spiro atoms. The molecule has 0 radical (unpaired) electrons. The third kappa shape index (κ3) is 4.47. The molecule has 22 heavy (non-hydrogen) atoms. The van der Waals surface area contributed by atoms with E-state index in [0.717, 1.165) is 31.2 Å². The molecule has 2 N–H and O–H groups in total. The average Bonchev–Trinajstić information content (AvgIpc) is 2.53. The fourth-order valence-electron chi connectivity index (χ4n) is 2.56. The van der Waals surface area contributed by atoms with E-state index >= 15 is 0 Å². The summed E-state index contributed by atoms with van der Waals surface area (Å²) in [5.74, 6) is 0.512. The van der Waals surface area contributed by atoms with Crippen molar-refractivity contribution in [1.82, 2.24) is 5.43 Å². The Labute approximate surface area is 138 Å². The maximum absolute atomic E-state index is 12.0. The van der Waals surface area contributed by atoms with Crippen LogP contribution in [-0.4, -0.2) is 23.8 Å². The number of carbonyl (C=O) groups excluding carboxylic acids is 1. The molecule has 0 unspecified atom stereocenters. The summed E-state index contributed by atoms with van der Waals surface area (Å²) in [7, 11) is 0. The monoisotopic (exact) mass is 368 g/mol. The lowest BCUT2D eigenvalue weighted by Crippen LogP contribution is -2.28. The normalized spacial score (nSPS) is 15.9. The van der Waals surface area contributed by atoms with Crippen molar-refractivity contribution in [3.63, 3.8) is 0 Å². The Hall–Kier alpha value is -1.56. The van der Waals surface area contributed by atoms with Crippen LogP contribution >= 0.6 is 15.9 Å². The lowest BCUT2D eigenvalue weighted by atomic mass is 9.89. The van der Waals surface area contributed by atoms with Crippen molar-refractivity contribution in [2.45, 2.75) is 39.0 Å². The standard InChI is InChI=1S/C16H21BrN2O3/c1-2-22-14-9-11(8-13(17)15(14)20)10-18-19-16(21)12-6-4-3-5-7-12/h8-10,12,20H,2-7H2,1H3,(H,19,21). The first-order chi connectivity index (χ1) is 10.6. The van der Waals surface area contributed by atoms with E-state index in [2.05, 4.69) is 26.5 Å². The predicted molar refractivity (Wildman–Crippen MR) is 89.3 cm³/mol. The van der Waals surface area contributed by atoms with Crippen LogP contribution < -0.4 is 10.2 Å². The first-order valence-electron chi connectivity index (χ1n) is 7.60. The Morgan fingerprint density at radius 1 is 1.45 bits per heavy atom. The van der Waals surface area contributed by atoms with Crippen LogP contribution in [0.3, 0.4) is 0 Å². The molecule has 1 aliphatic rings. The average molecular weight is 369 g/mol. The number of ether oxygens (including phenoxy) is 1. The number of hydrogen-bond donors (Lipinski definition) is 2. The molecule has 1 aromatic carbocycles. The van der Waals surface area contributed by atoms with Crippen LogP contribution in [0.2, 0.25) is 0 Å². The Kier molecular flexibility index (Phi) is 6.24. The van der Waals surface area contributed by atoms with Gasteiger partial charge in [0.15, 0.2) is 11.5 Å². The topological polar surface area (TPSA) is 70.9 Å². The number of carbonyl (C=O) groups is 1. The highest BCUT2D eigenvalue weighted by Crippen LogP contribution is 2.35. The Balaban J connectivity index is 1.98. The molecule has 1 fully saturated rings. The molecule has 1 aromatic rings. The largest absolute Gasteiger partial charge is 0.503 e. The molecule has 5 nitrogen and oxygen atoms in total. The summed E-state index contributed by atoms with van der Waals surface area (Å²) in [4.78, 5) is 12.0. The van der Waals surface area contributed by atoms with Crippen LogP contribution in [0.25, 0.3) is 0 Å². The Bertz CT molecular complexity index is 555. The SMILES string of the molecule is CCOc1cc(C=NNC(=O)C2CCCCC2)cc(Br)c1O. The van der Waals surface area contributed by atoms with Crippen molar-refractivity contribution in [1.29, 1.82) is 0 Å². The molecule has 0 heterocycles. The fourth-order valence-corrected chi connectivity index (χ4v) is 3.02. The van der Waals surface area contributed by atoms with Crippen LogP contribution in [0.1, 0.15) is 44.6 Å². The number of aromatic hydroxyl groups is 1. The van der Waals surface area contributed by atoms with Crippen molar-refractivity contribution >= 4 is 28.1 Å². The third-order valence-electron chi connectivity index (χ3n) is 3.71. The minimum absolute atomic E-state index is 0.0150. The smallest absolute Gasteiger partial charge is 0.243 e. The van der Waals surface area contributed by atoms with Gasteiger partial charge in [-0.3, -0.25) is 4.79 Å². The van der Waals surface area contributed by atoms with Crippen LogP contribution in [0.5, 0.6) is 11.5 Å². The van der Waals surface area contributed by atoms with Gasteiger partial charge in [-0.1, -0.05) is 19.3 Å². The second kappa shape index (κ2) is 8.17. The number of amides is 1. The van der Waals surface area contributed by atoms with Gasteiger partial charge in [-0.2, -0.15) is 5.10 Å². The fraction of sp³-hybridized carbons (Fsp3) is 0.500. The van der Waals surface area contributed by atoms with E-state index < -0.39 is 0 Å². The van der Waals surface area contributed by atoms with Crippen LogP contribution in [-0.2, 0) is 4.79 Å². The van der Waals surface area contributed by atoms with Gasteiger partial charge in [0.25, 0.3) is 0 Å². The van der Waals surface area contributed by atoms with E-state index in [1.54, 1.807) is 18.3 Å². The van der Waals surface area contributed by atoms with E-state index in [4.69, 9.17) is 4.74 Å². The van der Waals surface area contributed by atoms with Gasteiger partial charge in [0, 0.05) is 5.92 Å². The molecule has 0 aliphatic heterocycles. The lowest BCUT2D eigenvalue weighted by molar-refractivity contribution is -0.125. The van der Waals surface area contributed by atoms with Gasteiger partial charge >= 0.3 is 0 Å². The molecule has 0 bridgehead atoms. The van der Waals surface area contributed by atoms with Gasteiger partial charge in [0.1, 0.15) is 0 Å². The Morgan fingerprint density at radius 3 is 2.86 bits per heavy atom. The molecule has 1 saturated carbocycles. The summed E-state index contributed by atoms with van der Waals surface area (Å²) in [5.41, 5.74) is 3.33. The highest BCUT2D eigenvalue weighted by Gasteiger charge is 2.20. The number of phenolic OH excluding ortho intramolecular Hbond substituents is 1. The minimum atomic E-state index is -0.0150. The molecular formula is C16H21BrN2O3. The van der Waals surface area contributed by atoms with Crippen LogP contribution in [0.4, 0.5) is 0 Å².